The van der Waals surface area contributed by atoms with Crippen LogP contribution in [0.25, 0.3) is 5.57 Å². The van der Waals surface area contributed by atoms with Crippen LogP contribution in [0.4, 0.5) is 5.69 Å². The fourth-order valence-corrected chi connectivity index (χ4v) is 15.7. The summed E-state index contributed by atoms with van der Waals surface area (Å²) in [5, 5.41) is 0. The second-order valence-electron chi connectivity index (χ2n) is 12.1. The number of aryl methyl sites for hydroxylation is 2. The number of hydrogen-bond donors (Lipinski definition) is 0. The van der Waals surface area contributed by atoms with E-state index in [1.165, 1.54) is 48.9 Å². The number of halogens is 2. The molecule has 1 saturated heterocycles. The van der Waals surface area contributed by atoms with Crippen molar-refractivity contribution < 1.29 is 11.9 Å². The van der Waals surface area contributed by atoms with Crippen LogP contribution < -0.4 is 4.90 Å². The molecule has 2 aliphatic rings. The molecule has 218 valence electrons. The maximum absolute atomic E-state index is 8.10. The molecule has 42 heavy (non-hydrogen) atoms. The molecule has 4 aromatic carbocycles. The molecule has 1 fully saturated rings. The normalized spacial score (nSPS) is 20.1. The topological polar surface area (TPSA) is 3.24 Å². The third-order valence-electron chi connectivity index (χ3n) is 8.89. The third-order valence-corrected chi connectivity index (χ3v) is 16.4. The summed E-state index contributed by atoms with van der Waals surface area (Å²) in [5.41, 5.74) is 9.48. The molecule has 1 aliphatic carbocycles. The first-order chi connectivity index (χ1) is 20.1. The quantitative estimate of drug-likeness (QED) is 0.190. The van der Waals surface area contributed by atoms with Crippen LogP contribution >= 0.6 is 19.4 Å². The Morgan fingerprint density at radius 1 is 0.690 bits per heavy atom. The second-order valence-corrected chi connectivity index (χ2v) is 21.5. The Labute approximate surface area is 261 Å². The standard InChI is InChI=1S/C23H29N.C15H10.2ClH.Ru/c1-6-18-12-11-13-19(7-2)21(18)24-17-23(5,16-22(24,3)4)20-14-9-8-10-15-20;1-2-6-12(7-3-1)15-11-10-13-8-4-5-9-14(13)15;;;/h8-15H,6-7,16H2,1-5H3;1-9,11H;2*1H;/q;;;;+2/p-2. The van der Waals surface area contributed by atoms with E-state index >= 15 is 0 Å². The van der Waals surface area contributed by atoms with Crippen LogP contribution in [0.15, 0.2) is 109 Å². The fourth-order valence-electron chi connectivity index (χ4n) is 7.12. The third kappa shape index (κ3) is 4.72. The molecular formula is C38H39Cl2NRu. The predicted molar refractivity (Wildman–Crippen MR) is 181 cm³/mol. The molecule has 0 radical (unpaired) electrons. The van der Waals surface area contributed by atoms with Crippen LogP contribution in [0.1, 0.15) is 74.4 Å². The first-order valence-electron chi connectivity index (χ1n) is 14.8. The van der Waals surface area contributed by atoms with E-state index in [0.717, 1.165) is 23.4 Å². The number of nitrogens with zero attached hydrogens (tertiary/aromatic N) is 1. The molecule has 0 amide bonds. The van der Waals surface area contributed by atoms with E-state index in [9.17, 15) is 0 Å². The molecule has 6 rings (SSSR count). The number of fused-ring (bicyclic) bond motifs is 1. The van der Waals surface area contributed by atoms with Gasteiger partial charge in [-0.25, -0.2) is 0 Å². The maximum atomic E-state index is 8.10. The van der Waals surface area contributed by atoms with Crippen LogP contribution in [0, 0.1) is 0 Å². The van der Waals surface area contributed by atoms with Gasteiger partial charge in [-0.3, -0.25) is 0 Å². The van der Waals surface area contributed by atoms with E-state index in [-0.39, 0.29) is 11.0 Å². The van der Waals surface area contributed by atoms with E-state index < -0.39 is 11.9 Å². The Hall–Kier alpha value is -2.64. The van der Waals surface area contributed by atoms with Crippen LogP contribution in [0.3, 0.4) is 0 Å². The Balaban J connectivity index is 1.80. The van der Waals surface area contributed by atoms with Crippen LogP contribution in [0.2, 0.25) is 0 Å². The molecule has 0 bridgehead atoms. The van der Waals surface area contributed by atoms with Crippen molar-refractivity contribution in [3.63, 3.8) is 0 Å². The van der Waals surface area contributed by atoms with Crippen LogP contribution in [0.5, 0.6) is 0 Å². The monoisotopic (exact) mass is 681 g/mol. The van der Waals surface area contributed by atoms with Crippen LogP contribution in [-0.2, 0) is 30.1 Å². The number of allylic oxidation sites excluding steroid dienone is 1. The molecule has 1 nitrogen and oxygen atoms in total. The van der Waals surface area contributed by atoms with Gasteiger partial charge in [0, 0.05) is 0 Å². The zero-order chi connectivity index (χ0) is 29.7. The molecule has 0 spiro atoms. The average molecular weight is 682 g/mol. The van der Waals surface area contributed by atoms with Crippen molar-refractivity contribution in [2.24, 2.45) is 0 Å². The van der Waals surface area contributed by atoms with Crippen LogP contribution in [-0.4, -0.2) is 13.9 Å². The van der Waals surface area contributed by atoms with E-state index in [0.29, 0.717) is 0 Å². The summed E-state index contributed by atoms with van der Waals surface area (Å²) < 4.78 is 2.31. The summed E-state index contributed by atoms with van der Waals surface area (Å²) in [6, 6.07) is 36.9. The van der Waals surface area contributed by atoms with E-state index in [1.54, 1.807) is 0 Å². The minimum atomic E-state index is -3.82. The van der Waals surface area contributed by atoms with Crippen molar-refractivity contribution in [2.45, 2.75) is 64.8 Å². The van der Waals surface area contributed by atoms with Gasteiger partial charge in [0.1, 0.15) is 0 Å². The van der Waals surface area contributed by atoms with Gasteiger partial charge in [-0.1, -0.05) is 0 Å². The summed E-state index contributed by atoms with van der Waals surface area (Å²) in [6.07, 6.45) is 5.13. The van der Waals surface area contributed by atoms with Gasteiger partial charge in [0.2, 0.25) is 0 Å². The Bertz CT molecular complexity index is 1780. The summed E-state index contributed by atoms with van der Waals surface area (Å²) in [6.45, 7) is 11.6. The van der Waals surface area contributed by atoms with Gasteiger partial charge in [0.15, 0.2) is 0 Å². The summed E-state index contributed by atoms with van der Waals surface area (Å²) >= 11 is -3.82. The van der Waals surface area contributed by atoms with Crippen molar-refractivity contribution in [3.05, 3.63) is 143 Å². The first kappa shape index (κ1) is 29.4. The minimum absolute atomic E-state index is 0.199. The fraction of sp³-hybridized carbons (Fsp3) is 0.263. The molecule has 1 atom stereocenters. The summed E-state index contributed by atoms with van der Waals surface area (Å²) in [4.78, 5) is 2.60. The SMILES string of the molecule is CCc1cccc(CC)c1N1[C](=[Ru]([Cl])([Cl])=[C]2C=C(c3ccccc3)c3ccccc32)C(C)(c2ccccc2)CC1(C)C. The van der Waals surface area contributed by atoms with E-state index in [1.807, 2.05) is 0 Å². The molecule has 0 aromatic heterocycles. The molecule has 1 heterocycles. The predicted octanol–water partition coefficient (Wildman–Crippen LogP) is 10.0. The van der Waals surface area contributed by atoms with E-state index in [2.05, 4.69) is 149 Å². The zero-order valence-corrected chi connectivity index (χ0v) is 28.3. The van der Waals surface area contributed by atoms with Crippen molar-refractivity contribution in [1.29, 1.82) is 0 Å². The van der Waals surface area contributed by atoms with Gasteiger partial charge in [-0.2, -0.15) is 0 Å². The molecule has 0 N–H and O–H groups in total. The molecule has 0 saturated carbocycles. The molecule has 1 unspecified atom stereocenters. The van der Waals surface area contributed by atoms with Crippen molar-refractivity contribution in [2.75, 3.05) is 4.90 Å². The van der Waals surface area contributed by atoms with Crippen molar-refractivity contribution >= 4 is 39.0 Å². The molecule has 1 aliphatic heterocycles. The number of anilines is 1. The van der Waals surface area contributed by atoms with Crippen molar-refractivity contribution in [1.82, 2.24) is 0 Å². The summed E-state index contributed by atoms with van der Waals surface area (Å²) in [5.74, 6) is 0. The summed E-state index contributed by atoms with van der Waals surface area (Å²) in [7, 11) is 16.2. The van der Waals surface area contributed by atoms with Gasteiger partial charge in [-0.05, 0) is 0 Å². The first-order valence-corrected chi connectivity index (χ1v) is 21.1. The van der Waals surface area contributed by atoms with Gasteiger partial charge in [-0.15, -0.1) is 0 Å². The number of para-hydroxylation sites is 1. The number of benzene rings is 4. The zero-order valence-electron chi connectivity index (χ0n) is 25.1. The van der Waals surface area contributed by atoms with Gasteiger partial charge < -0.3 is 0 Å². The average Bonchev–Trinajstić information content (AvgIpc) is 3.50. The number of hydrogen-bond acceptors (Lipinski definition) is 1. The van der Waals surface area contributed by atoms with E-state index in [4.69, 9.17) is 19.4 Å². The molecule has 4 heteroatoms. The molecule has 4 aromatic rings. The Kier molecular flexibility index (Phi) is 7.80. The van der Waals surface area contributed by atoms with Gasteiger partial charge >= 0.3 is 263 Å². The molecular weight excluding hydrogens is 642 g/mol. The van der Waals surface area contributed by atoms with Crippen molar-refractivity contribution in [3.8, 4) is 0 Å². The van der Waals surface area contributed by atoms with Gasteiger partial charge in [0.25, 0.3) is 0 Å². The Morgan fingerprint density at radius 3 is 1.83 bits per heavy atom. The second kappa shape index (κ2) is 11.1. The Morgan fingerprint density at radius 2 is 1.24 bits per heavy atom. The number of rotatable bonds is 5. The van der Waals surface area contributed by atoms with Gasteiger partial charge in [0.05, 0.1) is 0 Å².